The minimum absolute atomic E-state index is 0.0202. The van der Waals surface area contributed by atoms with Gasteiger partial charge in [-0.05, 0) is 42.1 Å². The van der Waals surface area contributed by atoms with Gasteiger partial charge in [0, 0.05) is 11.7 Å². The number of carbonyl (C=O) groups is 1. The van der Waals surface area contributed by atoms with Crippen molar-refractivity contribution in [1.29, 1.82) is 0 Å². The third-order valence-corrected chi connectivity index (χ3v) is 2.48. The van der Waals surface area contributed by atoms with Gasteiger partial charge in [-0.3, -0.25) is 4.79 Å². The topological polar surface area (TPSA) is 65.1 Å². The zero-order valence-electron chi connectivity index (χ0n) is 8.86. The Labute approximate surface area is 93.3 Å². The Balaban J connectivity index is 1.91. The van der Waals surface area contributed by atoms with Crippen LogP contribution in [0.15, 0.2) is 30.5 Å². The molecule has 0 spiro atoms. The average Bonchev–Trinajstić information content (AvgIpc) is 2.71. The predicted octanol–water partition coefficient (Wildman–Crippen LogP) is 1.38. The number of benzene rings is 1. The van der Waals surface area contributed by atoms with Crippen LogP contribution < -0.4 is 5.32 Å². The Kier molecular flexibility index (Phi) is 3.22. The Bertz CT molecular complexity index is 490. The van der Waals surface area contributed by atoms with Crippen LogP contribution in [0, 0.1) is 0 Å². The van der Waals surface area contributed by atoms with Crippen LogP contribution in [0.25, 0.3) is 10.9 Å². The van der Waals surface area contributed by atoms with Crippen LogP contribution >= 0.6 is 0 Å². The maximum atomic E-state index is 10.3. The molecule has 3 N–H and O–H groups in total. The van der Waals surface area contributed by atoms with Crippen LogP contribution in [-0.2, 0) is 11.2 Å². The zero-order valence-corrected chi connectivity index (χ0v) is 8.86. The molecule has 4 heteroatoms. The number of fused-ring (bicyclic) bond motifs is 1. The van der Waals surface area contributed by atoms with E-state index in [0.717, 1.165) is 11.9 Å². The second-order valence-electron chi connectivity index (χ2n) is 3.72. The molecule has 0 aliphatic rings. The second-order valence-corrected chi connectivity index (χ2v) is 3.72. The summed E-state index contributed by atoms with van der Waals surface area (Å²) >= 11 is 0. The molecule has 0 saturated heterocycles. The Morgan fingerprint density at radius 1 is 1.38 bits per heavy atom. The van der Waals surface area contributed by atoms with E-state index in [1.165, 1.54) is 10.9 Å². The van der Waals surface area contributed by atoms with E-state index in [9.17, 15) is 4.79 Å². The summed E-state index contributed by atoms with van der Waals surface area (Å²) in [4.78, 5) is 13.4. The maximum absolute atomic E-state index is 10.3. The molecule has 2 rings (SSSR count). The van der Waals surface area contributed by atoms with Gasteiger partial charge in [-0.15, -0.1) is 0 Å². The summed E-state index contributed by atoms with van der Waals surface area (Å²) in [5, 5.41) is 12.5. The molecule has 2 aromatic rings. The number of carboxylic acids is 1. The monoisotopic (exact) mass is 218 g/mol. The number of aromatic amines is 1. The van der Waals surface area contributed by atoms with Crippen molar-refractivity contribution in [1.82, 2.24) is 10.3 Å². The fourth-order valence-corrected chi connectivity index (χ4v) is 1.69. The molecule has 1 heterocycles. The van der Waals surface area contributed by atoms with Crippen molar-refractivity contribution in [3.8, 4) is 0 Å². The first kappa shape index (κ1) is 10.7. The van der Waals surface area contributed by atoms with Gasteiger partial charge in [0.2, 0.25) is 0 Å². The number of hydrogen-bond acceptors (Lipinski definition) is 2. The highest BCUT2D eigenvalue weighted by molar-refractivity contribution is 5.79. The van der Waals surface area contributed by atoms with Crippen molar-refractivity contribution in [2.24, 2.45) is 0 Å². The first-order chi connectivity index (χ1) is 7.75. The third kappa shape index (κ3) is 2.61. The third-order valence-electron chi connectivity index (χ3n) is 2.48. The molecule has 0 saturated carbocycles. The first-order valence-electron chi connectivity index (χ1n) is 5.24. The average molecular weight is 218 g/mol. The van der Waals surface area contributed by atoms with Crippen LogP contribution in [-0.4, -0.2) is 29.1 Å². The van der Waals surface area contributed by atoms with E-state index < -0.39 is 5.97 Å². The van der Waals surface area contributed by atoms with E-state index >= 15 is 0 Å². The summed E-state index contributed by atoms with van der Waals surface area (Å²) in [5.41, 5.74) is 2.34. The SMILES string of the molecule is O=C(O)CNCCc1ccc2[nH]ccc2c1. The zero-order chi connectivity index (χ0) is 11.4. The lowest BCUT2D eigenvalue weighted by atomic mass is 10.1. The number of nitrogens with one attached hydrogen (secondary N) is 2. The van der Waals surface area contributed by atoms with Crippen molar-refractivity contribution in [2.75, 3.05) is 13.1 Å². The van der Waals surface area contributed by atoms with Crippen molar-refractivity contribution in [3.63, 3.8) is 0 Å². The van der Waals surface area contributed by atoms with E-state index in [-0.39, 0.29) is 6.54 Å². The van der Waals surface area contributed by atoms with E-state index in [0.29, 0.717) is 6.54 Å². The van der Waals surface area contributed by atoms with Crippen molar-refractivity contribution >= 4 is 16.9 Å². The Morgan fingerprint density at radius 3 is 3.06 bits per heavy atom. The molecule has 0 bridgehead atoms. The summed E-state index contributed by atoms with van der Waals surface area (Å²) in [6.07, 6.45) is 2.76. The summed E-state index contributed by atoms with van der Waals surface area (Å²) < 4.78 is 0. The Hall–Kier alpha value is -1.81. The number of carboxylic acid groups (broad SMARTS) is 1. The highest BCUT2D eigenvalue weighted by atomic mass is 16.4. The summed E-state index contributed by atoms with van der Waals surface area (Å²) in [6, 6.07) is 8.25. The molecule has 0 radical (unpaired) electrons. The molecule has 0 atom stereocenters. The Morgan fingerprint density at radius 2 is 2.25 bits per heavy atom. The summed E-state index contributed by atoms with van der Waals surface area (Å²) in [7, 11) is 0. The lowest BCUT2D eigenvalue weighted by Crippen LogP contribution is -2.24. The van der Waals surface area contributed by atoms with Gasteiger partial charge in [-0.1, -0.05) is 6.07 Å². The van der Waals surface area contributed by atoms with Crippen LogP contribution in [0.1, 0.15) is 5.56 Å². The largest absolute Gasteiger partial charge is 0.480 e. The van der Waals surface area contributed by atoms with E-state index in [4.69, 9.17) is 5.11 Å². The molecule has 4 nitrogen and oxygen atoms in total. The number of H-pyrrole nitrogens is 1. The summed E-state index contributed by atoms with van der Waals surface area (Å²) in [5.74, 6) is -0.818. The molecule has 1 aromatic carbocycles. The highest BCUT2D eigenvalue weighted by Gasteiger charge is 1.98. The number of aliphatic carboxylic acids is 1. The van der Waals surface area contributed by atoms with Gasteiger partial charge in [-0.2, -0.15) is 0 Å². The minimum atomic E-state index is -0.818. The van der Waals surface area contributed by atoms with Crippen LogP contribution in [0.5, 0.6) is 0 Å². The molecule has 0 unspecified atom stereocenters. The van der Waals surface area contributed by atoms with Gasteiger partial charge in [0.1, 0.15) is 0 Å². The van der Waals surface area contributed by atoms with E-state index in [1.807, 2.05) is 18.3 Å². The molecule has 0 amide bonds. The fraction of sp³-hybridized carbons (Fsp3) is 0.250. The molecule has 1 aromatic heterocycles. The highest BCUT2D eigenvalue weighted by Crippen LogP contribution is 2.14. The molecular weight excluding hydrogens is 204 g/mol. The maximum Gasteiger partial charge on any atom is 0.317 e. The van der Waals surface area contributed by atoms with Gasteiger partial charge in [0.25, 0.3) is 0 Å². The molecule has 0 aliphatic heterocycles. The molecular formula is C12H14N2O2. The van der Waals surface area contributed by atoms with Crippen molar-refractivity contribution in [2.45, 2.75) is 6.42 Å². The fourth-order valence-electron chi connectivity index (χ4n) is 1.69. The van der Waals surface area contributed by atoms with Crippen LogP contribution in [0.4, 0.5) is 0 Å². The molecule has 84 valence electrons. The van der Waals surface area contributed by atoms with Crippen LogP contribution in [0.2, 0.25) is 0 Å². The van der Waals surface area contributed by atoms with Crippen molar-refractivity contribution < 1.29 is 9.90 Å². The quantitative estimate of drug-likeness (QED) is 0.664. The molecule has 16 heavy (non-hydrogen) atoms. The van der Waals surface area contributed by atoms with Gasteiger partial charge >= 0.3 is 5.97 Å². The first-order valence-corrected chi connectivity index (χ1v) is 5.24. The van der Waals surface area contributed by atoms with Gasteiger partial charge < -0.3 is 15.4 Å². The smallest absolute Gasteiger partial charge is 0.317 e. The molecule has 0 aliphatic carbocycles. The lowest BCUT2D eigenvalue weighted by molar-refractivity contribution is -0.135. The van der Waals surface area contributed by atoms with Gasteiger partial charge in [0.15, 0.2) is 0 Å². The molecule has 0 fully saturated rings. The standard InChI is InChI=1S/C12H14N2O2/c15-12(16)8-13-5-3-9-1-2-11-10(7-9)4-6-14-11/h1-2,4,6-7,13-14H,3,5,8H2,(H,15,16). The van der Waals surface area contributed by atoms with Crippen LogP contribution in [0.3, 0.4) is 0 Å². The van der Waals surface area contributed by atoms with Gasteiger partial charge in [0.05, 0.1) is 6.54 Å². The number of hydrogen-bond donors (Lipinski definition) is 3. The number of rotatable bonds is 5. The number of aromatic nitrogens is 1. The predicted molar refractivity (Wildman–Crippen MR) is 62.5 cm³/mol. The summed E-state index contributed by atoms with van der Waals surface area (Å²) in [6.45, 7) is 0.703. The van der Waals surface area contributed by atoms with Gasteiger partial charge in [-0.25, -0.2) is 0 Å². The van der Waals surface area contributed by atoms with Crippen molar-refractivity contribution in [3.05, 3.63) is 36.0 Å². The second kappa shape index (κ2) is 4.81. The van der Waals surface area contributed by atoms with E-state index in [2.05, 4.69) is 22.4 Å². The normalized spacial score (nSPS) is 10.8. The van der Waals surface area contributed by atoms with E-state index in [1.54, 1.807) is 0 Å². The minimum Gasteiger partial charge on any atom is -0.480 e. The lowest BCUT2D eigenvalue weighted by Gasteiger charge is -2.02.